The molecular weight excluding hydrogens is 170 g/mol. The summed E-state index contributed by atoms with van der Waals surface area (Å²) >= 11 is 0. The first-order valence-electron chi connectivity index (χ1n) is 6.26. The van der Waals surface area contributed by atoms with Gasteiger partial charge in [-0.2, -0.15) is 0 Å². The van der Waals surface area contributed by atoms with Crippen LogP contribution < -0.4 is 5.32 Å². The Morgan fingerprint density at radius 1 is 1.21 bits per heavy atom. The van der Waals surface area contributed by atoms with Crippen molar-refractivity contribution in [2.45, 2.75) is 51.5 Å². The highest BCUT2D eigenvalue weighted by Gasteiger charge is 2.21. The molecular formula is C13H23N. The van der Waals surface area contributed by atoms with Gasteiger partial charge in [0.2, 0.25) is 0 Å². The third-order valence-corrected chi connectivity index (χ3v) is 3.94. The van der Waals surface area contributed by atoms with E-state index in [0.29, 0.717) is 6.04 Å². The summed E-state index contributed by atoms with van der Waals surface area (Å²) in [4.78, 5) is 0. The third kappa shape index (κ3) is 2.60. The van der Waals surface area contributed by atoms with E-state index in [0.717, 1.165) is 11.8 Å². The molecule has 1 nitrogen and oxygen atoms in total. The van der Waals surface area contributed by atoms with Gasteiger partial charge in [0, 0.05) is 6.04 Å². The first-order chi connectivity index (χ1) is 6.86. The summed E-state index contributed by atoms with van der Waals surface area (Å²) in [5.41, 5.74) is 0. The summed E-state index contributed by atoms with van der Waals surface area (Å²) in [7, 11) is 0. The van der Waals surface area contributed by atoms with Gasteiger partial charge in [0.05, 0.1) is 0 Å². The fourth-order valence-electron chi connectivity index (χ4n) is 2.80. The molecule has 2 aliphatic carbocycles. The molecule has 0 amide bonds. The molecule has 0 bridgehead atoms. The lowest BCUT2D eigenvalue weighted by atomic mass is 9.80. The molecule has 3 atom stereocenters. The highest BCUT2D eigenvalue weighted by molar-refractivity contribution is 5.00. The van der Waals surface area contributed by atoms with Gasteiger partial charge in [-0.15, -0.1) is 0 Å². The zero-order valence-electron chi connectivity index (χ0n) is 9.34. The minimum absolute atomic E-state index is 0.684. The van der Waals surface area contributed by atoms with Gasteiger partial charge in [0.1, 0.15) is 0 Å². The summed E-state index contributed by atoms with van der Waals surface area (Å²) in [6, 6.07) is 0.684. The molecule has 0 aromatic rings. The van der Waals surface area contributed by atoms with Crippen LogP contribution in [0.5, 0.6) is 0 Å². The lowest BCUT2D eigenvalue weighted by molar-refractivity contribution is 0.244. The van der Waals surface area contributed by atoms with Crippen LogP contribution in [0.2, 0.25) is 0 Å². The fourth-order valence-corrected chi connectivity index (χ4v) is 2.80. The Morgan fingerprint density at radius 2 is 2.07 bits per heavy atom. The molecule has 0 spiro atoms. The maximum Gasteiger partial charge on any atom is 0.0253 e. The van der Waals surface area contributed by atoms with Gasteiger partial charge in [-0.05, 0) is 37.6 Å². The molecule has 1 heteroatoms. The Bertz CT molecular complexity index is 197. The Balaban J connectivity index is 1.70. The third-order valence-electron chi connectivity index (χ3n) is 3.94. The first-order valence-corrected chi connectivity index (χ1v) is 6.26. The van der Waals surface area contributed by atoms with Crippen molar-refractivity contribution in [1.29, 1.82) is 0 Å². The summed E-state index contributed by atoms with van der Waals surface area (Å²) in [5, 5.41) is 3.69. The van der Waals surface area contributed by atoms with Crippen molar-refractivity contribution in [2.75, 3.05) is 6.54 Å². The zero-order chi connectivity index (χ0) is 9.80. The topological polar surface area (TPSA) is 12.0 Å². The monoisotopic (exact) mass is 193 g/mol. The van der Waals surface area contributed by atoms with E-state index >= 15 is 0 Å². The van der Waals surface area contributed by atoms with Gasteiger partial charge in [0.15, 0.2) is 0 Å². The van der Waals surface area contributed by atoms with Crippen LogP contribution in [0.25, 0.3) is 0 Å². The fraction of sp³-hybridized carbons (Fsp3) is 0.846. The van der Waals surface area contributed by atoms with Crippen molar-refractivity contribution in [1.82, 2.24) is 5.32 Å². The van der Waals surface area contributed by atoms with E-state index in [4.69, 9.17) is 0 Å². The average Bonchev–Trinajstić information content (AvgIpc) is 2.69. The van der Waals surface area contributed by atoms with Gasteiger partial charge in [-0.1, -0.05) is 38.3 Å². The van der Waals surface area contributed by atoms with E-state index in [1.54, 1.807) is 0 Å². The van der Waals surface area contributed by atoms with Crippen molar-refractivity contribution < 1.29 is 0 Å². The van der Waals surface area contributed by atoms with E-state index in [1.165, 1.54) is 45.1 Å². The Kier molecular flexibility index (Phi) is 3.63. The van der Waals surface area contributed by atoms with Crippen LogP contribution in [0.3, 0.4) is 0 Å². The molecule has 0 aliphatic heterocycles. The van der Waals surface area contributed by atoms with Crippen LogP contribution in [0.1, 0.15) is 45.4 Å². The molecule has 80 valence electrons. The zero-order valence-corrected chi connectivity index (χ0v) is 9.34. The second-order valence-electron chi connectivity index (χ2n) is 5.04. The number of hydrogen-bond donors (Lipinski definition) is 1. The molecule has 3 unspecified atom stereocenters. The average molecular weight is 193 g/mol. The number of hydrogen-bond acceptors (Lipinski definition) is 1. The standard InChI is InChI=1S/C13H23N/c1-11-6-2-3-7-12(11)10-14-13-8-4-5-9-13/h4,8,11-14H,2-3,5-7,9-10H2,1H3. The first kappa shape index (κ1) is 10.2. The molecule has 2 aliphatic rings. The number of rotatable bonds is 3. The van der Waals surface area contributed by atoms with Crippen molar-refractivity contribution in [3.05, 3.63) is 12.2 Å². The van der Waals surface area contributed by atoms with E-state index in [2.05, 4.69) is 24.4 Å². The molecule has 1 fully saturated rings. The van der Waals surface area contributed by atoms with E-state index in [-0.39, 0.29) is 0 Å². The van der Waals surface area contributed by atoms with Gasteiger partial charge in [-0.25, -0.2) is 0 Å². The lowest BCUT2D eigenvalue weighted by Gasteiger charge is -2.29. The molecule has 0 aromatic heterocycles. The molecule has 1 saturated carbocycles. The second-order valence-corrected chi connectivity index (χ2v) is 5.04. The van der Waals surface area contributed by atoms with Crippen molar-refractivity contribution >= 4 is 0 Å². The predicted molar refractivity (Wildman–Crippen MR) is 61.3 cm³/mol. The van der Waals surface area contributed by atoms with Crippen LogP contribution in [0.15, 0.2) is 12.2 Å². The molecule has 0 saturated heterocycles. The van der Waals surface area contributed by atoms with Crippen LogP contribution in [-0.4, -0.2) is 12.6 Å². The normalized spacial score (nSPS) is 37.6. The minimum Gasteiger partial charge on any atom is -0.310 e. The van der Waals surface area contributed by atoms with Crippen LogP contribution in [-0.2, 0) is 0 Å². The molecule has 2 rings (SSSR count). The van der Waals surface area contributed by atoms with Crippen LogP contribution in [0.4, 0.5) is 0 Å². The lowest BCUT2D eigenvalue weighted by Crippen LogP contribution is -2.34. The van der Waals surface area contributed by atoms with Gasteiger partial charge < -0.3 is 5.32 Å². The SMILES string of the molecule is CC1CCCCC1CNC1C=CCC1. The smallest absolute Gasteiger partial charge is 0.0253 e. The number of allylic oxidation sites excluding steroid dienone is 1. The highest BCUT2D eigenvalue weighted by Crippen LogP contribution is 2.29. The summed E-state index contributed by atoms with van der Waals surface area (Å²) in [6.07, 6.45) is 13.1. The number of nitrogens with one attached hydrogen (secondary N) is 1. The summed E-state index contributed by atoms with van der Waals surface area (Å²) in [6.45, 7) is 3.67. The van der Waals surface area contributed by atoms with Crippen molar-refractivity contribution in [3.63, 3.8) is 0 Å². The van der Waals surface area contributed by atoms with Crippen LogP contribution >= 0.6 is 0 Å². The molecule has 0 radical (unpaired) electrons. The quantitative estimate of drug-likeness (QED) is 0.679. The van der Waals surface area contributed by atoms with Crippen molar-refractivity contribution in [2.24, 2.45) is 11.8 Å². The molecule has 0 heterocycles. The molecule has 0 aromatic carbocycles. The Labute approximate surface area is 88.0 Å². The van der Waals surface area contributed by atoms with E-state index in [9.17, 15) is 0 Å². The minimum atomic E-state index is 0.684. The predicted octanol–water partition coefficient (Wildman–Crippen LogP) is 3.12. The van der Waals surface area contributed by atoms with Crippen LogP contribution in [0, 0.1) is 11.8 Å². The van der Waals surface area contributed by atoms with Gasteiger partial charge >= 0.3 is 0 Å². The van der Waals surface area contributed by atoms with Crippen molar-refractivity contribution in [3.8, 4) is 0 Å². The van der Waals surface area contributed by atoms with E-state index < -0.39 is 0 Å². The maximum atomic E-state index is 3.69. The van der Waals surface area contributed by atoms with Gasteiger partial charge in [0.25, 0.3) is 0 Å². The summed E-state index contributed by atoms with van der Waals surface area (Å²) in [5.74, 6) is 1.89. The van der Waals surface area contributed by atoms with E-state index in [1.807, 2.05) is 0 Å². The maximum absolute atomic E-state index is 3.69. The molecule has 1 N–H and O–H groups in total. The summed E-state index contributed by atoms with van der Waals surface area (Å²) < 4.78 is 0. The second kappa shape index (κ2) is 4.97. The Hall–Kier alpha value is -0.300. The highest BCUT2D eigenvalue weighted by atomic mass is 14.9. The molecule has 14 heavy (non-hydrogen) atoms. The Morgan fingerprint density at radius 3 is 2.79 bits per heavy atom. The van der Waals surface area contributed by atoms with Gasteiger partial charge in [-0.3, -0.25) is 0 Å². The largest absolute Gasteiger partial charge is 0.310 e.